The van der Waals surface area contributed by atoms with E-state index in [0.29, 0.717) is 34.1 Å². The van der Waals surface area contributed by atoms with E-state index in [0.717, 1.165) is 0 Å². The second-order valence-electron chi connectivity index (χ2n) is 6.92. The Kier molecular flexibility index (Phi) is 7.75. The fourth-order valence-electron chi connectivity index (χ4n) is 3.01. The predicted octanol–water partition coefficient (Wildman–Crippen LogP) is 4.31. The van der Waals surface area contributed by atoms with Gasteiger partial charge in [-0.25, -0.2) is 9.38 Å². The largest absolute Gasteiger partial charge is 0.497 e. The van der Waals surface area contributed by atoms with Crippen molar-refractivity contribution in [3.8, 4) is 17.2 Å². The first kappa shape index (κ1) is 23.5. The monoisotopic (exact) mass is 450 g/mol. The van der Waals surface area contributed by atoms with Gasteiger partial charge in [0.2, 0.25) is 0 Å². The van der Waals surface area contributed by atoms with Crippen molar-refractivity contribution < 1.29 is 28.2 Å². The highest BCUT2D eigenvalue weighted by atomic mass is 19.1. The topological polar surface area (TPSA) is 86.2 Å². The highest BCUT2D eigenvalue weighted by Crippen LogP contribution is 2.28. The number of hydrogen-bond donors (Lipinski definition) is 1. The smallest absolute Gasteiger partial charge is 0.277 e. The van der Waals surface area contributed by atoms with Gasteiger partial charge >= 0.3 is 0 Å². The van der Waals surface area contributed by atoms with Crippen LogP contribution in [-0.2, 0) is 11.2 Å². The van der Waals surface area contributed by atoms with Gasteiger partial charge in [-0.3, -0.25) is 9.59 Å². The molecule has 0 fully saturated rings. The maximum Gasteiger partial charge on any atom is 0.277 e. The zero-order valence-corrected chi connectivity index (χ0v) is 18.4. The minimum Gasteiger partial charge on any atom is -0.497 e. The Labute approximate surface area is 190 Å². The van der Waals surface area contributed by atoms with Crippen LogP contribution in [0.3, 0.4) is 0 Å². The lowest BCUT2D eigenvalue weighted by Gasteiger charge is -2.11. The number of carbonyl (C=O) groups is 2. The van der Waals surface area contributed by atoms with Gasteiger partial charge in [-0.05, 0) is 66.2 Å². The number of methoxy groups -OCH3 is 3. The number of benzene rings is 3. The summed E-state index contributed by atoms with van der Waals surface area (Å²) in [6.07, 6.45) is 0.0509. The Morgan fingerprint density at radius 3 is 2.12 bits per heavy atom. The highest BCUT2D eigenvalue weighted by molar-refractivity contribution is 6.45. The van der Waals surface area contributed by atoms with Gasteiger partial charge in [0.1, 0.15) is 17.3 Å². The summed E-state index contributed by atoms with van der Waals surface area (Å²) in [5.74, 6) is 0.0114. The van der Waals surface area contributed by atoms with Crippen molar-refractivity contribution >= 4 is 23.2 Å². The summed E-state index contributed by atoms with van der Waals surface area (Å²) in [6.45, 7) is 0. The third-order valence-electron chi connectivity index (χ3n) is 4.76. The van der Waals surface area contributed by atoms with Crippen molar-refractivity contribution in [1.82, 2.24) is 0 Å². The molecule has 0 radical (unpaired) electrons. The number of carbonyl (C=O) groups excluding carboxylic acids is 2. The predicted molar refractivity (Wildman–Crippen MR) is 123 cm³/mol. The highest BCUT2D eigenvalue weighted by Gasteiger charge is 2.17. The minimum absolute atomic E-state index is 0.0210. The van der Waals surface area contributed by atoms with E-state index in [9.17, 15) is 14.0 Å². The fraction of sp³-hybridized carbons (Fsp3) is 0.160. The molecule has 170 valence electrons. The summed E-state index contributed by atoms with van der Waals surface area (Å²) in [7, 11) is 4.55. The Morgan fingerprint density at radius 1 is 0.848 bits per heavy atom. The molecule has 0 spiro atoms. The van der Waals surface area contributed by atoms with E-state index in [2.05, 4.69) is 10.3 Å². The molecule has 2 amide bonds. The lowest BCUT2D eigenvalue weighted by atomic mass is 10.1. The van der Waals surface area contributed by atoms with Crippen molar-refractivity contribution in [2.24, 2.45) is 4.99 Å². The molecular formula is C25H23FN2O5. The summed E-state index contributed by atoms with van der Waals surface area (Å²) in [5.41, 5.74) is 1.34. The number of halogens is 1. The summed E-state index contributed by atoms with van der Waals surface area (Å²) in [5, 5.41) is 2.65. The Hall–Kier alpha value is -4.20. The summed E-state index contributed by atoms with van der Waals surface area (Å²) in [4.78, 5) is 29.8. The SMILES string of the molecule is COc1ccc(C(=O)N=C(Cc2ccc(OC)c(OC)c2)C(=O)Nc2ccc(F)cc2)cc1. The molecule has 0 bridgehead atoms. The number of anilines is 1. The number of nitrogens with one attached hydrogen (secondary N) is 1. The number of aliphatic imine (C=N–C) groups is 1. The summed E-state index contributed by atoms with van der Waals surface area (Å²) < 4.78 is 28.9. The molecule has 3 aromatic carbocycles. The maximum atomic E-state index is 13.2. The van der Waals surface area contributed by atoms with E-state index in [1.165, 1.54) is 45.6 Å². The van der Waals surface area contributed by atoms with E-state index in [1.807, 2.05) is 0 Å². The van der Waals surface area contributed by atoms with E-state index in [4.69, 9.17) is 14.2 Å². The van der Waals surface area contributed by atoms with Gasteiger partial charge in [0.15, 0.2) is 11.5 Å². The molecule has 0 aliphatic rings. The van der Waals surface area contributed by atoms with E-state index in [-0.39, 0.29) is 12.1 Å². The van der Waals surface area contributed by atoms with Gasteiger partial charge in [-0.2, -0.15) is 0 Å². The normalized spacial score (nSPS) is 11.0. The van der Waals surface area contributed by atoms with Gasteiger partial charge in [0, 0.05) is 17.7 Å². The Balaban J connectivity index is 1.92. The van der Waals surface area contributed by atoms with Crippen LogP contribution in [0.15, 0.2) is 71.7 Å². The van der Waals surface area contributed by atoms with Crippen LogP contribution in [-0.4, -0.2) is 38.9 Å². The summed E-state index contributed by atoms with van der Waals surface area (Å²) >= 11 is 0. The third-order valence-corrected chi connectivity index (χ3v) is 4.76. The van der Waals surface area contributed by atoms with Crippen molar-refractivity contribution in [3.05, 3.63) is 83.7 Å². The molecule has 7 nitrogen and oxygen atoms in total. The molecule has 3 aromatic rings. The van der Waals surface area contributed by atoms with Crippen LogP contribution in [0.4, 0.5) is 10.1 Å². The van der Waals surface area contributed by atoms with E-state index < -0.39 is 17.6 Å². The van der Waals surface area contributed by atoms with Crippen molar-refractivity contribution in [3.63, 3.8) is 0 Å². The standard InChI is InChI=1S/C25H23FN2O5/c1-31-20-11-5-17(6-12-20)24(29)28-21(25(30)27-19-9-7-18(26)8-10-19)14-16-4-13-22(32-2)23(15-16)33-3/h4-13,15H,14H2,1-3H3,(H,27,30). The van der Waals surface area contributed by atoms with Crippen molar-refractivity contribution in [2.75, 3.05) is 26.6 Å². The molecule has 1 N–H and O–H groups in total. The molecule has 0 saturated heterocycles. The number of ether oxygens (including phenoxy) is 3. The lowest BCUT2D eigenvalue weighted by Crippen LogP contribution is -2.26. The molecule has 33 heavy (non-hydrogen) atoms. The fourth-order valence-corrected chi connectivity index (χ4v) is 3.01. The van der Waals surface area contributed by atoms with Crippen LogP contribution in [0.2, 0.25) is 0 Å². The second kappa shape index (κ2) is 10.9. The van der Waals surface area contributed by atoms with Crippen LogP contribution >= 0.6 is 0 Å². The summed E-state index contributed by atoms with van der Waals surface area (Å²) in [6, 6.07) is 16.9. The molecule has 0 heterocycles. The zero-order chi connectivity index (χ0) is 23.8. The Bertz CT molecular complexity index is 1160. The second-order valence-corrected chi connectivity index (χ2v) is 6.92. The first-order valence-corrected chi connectivity index (χ1v) is 9.97. The quantitative estimate of drug-likeness (QED) is 0.517. The zero-order valence-electron chi connectivity index (χ0n) is 18.4. The molecule has 0 saturated carbocycles. The van der Waals surface area contributed by atoms with Crippen LogP contribution in [0.1, 0.15) is 15.9 Å². The van der Waals surface area contributed by atoms with Gasteiger partial charge in [0.25, 0.3) is 11.8 Å². The number of rotatable bonds is 8. The molecule has 0 atom stereocenters. The van der Waals surface area contributed by atoms with Gasteiger partial charge in [-0.15, -0.1) is 0 Å². The van der Waals surface area contributed by atoms with Gasteiger partial charge < -0.3 is 19.5 Å². The minimum atomic E-state index is -0.585. The van der Waals surface area contributed by atoms with Crippen LogP contribution < -0.4 is 19.5 Å². The van der Waals surface area contributed by atoms with Crippen LogP contribution in [0.25, 0.3) is 0 Å². The van der Waals surface area contributed by atoms with Crippen LogP contribution in [0, 0.1) is 5.82 Å². The van der Waals surface area contributed by atoms with E-state index in [1.54, 1.807) is 42.5 Å². The Morgan fingerprint density at radius 2 is 1.52 bits per heavy atom. The van der Waals surface area contributed by atoms with Crippen molar-refractivity contribution in [1.29, 1.82) is 0 Å². The molecule has 0 unspecified atom stereocenters. The van der Waals surface area contributed by atoms with E-state index >= 15 is 0 Å². The average molecular weight is 450 g/mol. The molecule has 8 heteroatoms. The number of hydrogen-bond acceptors (Lipinski definition) is 5. The van der Waals surface area contributed by atoms with Gasteiger partial charge in [-0.1, -0.05) is 6.07 Å². The number of nitrogens with zero attached hydrogens (tertiary/aromatic N) is 1. The average Bonchev–Trinajstić information content (AvgIpc) is 2.84. The first-order chi connectivity index (χ1) is 15.9. The maximum absolute atomic E-state index is 13.2. The molecule has 3 rings (SSSR count). The molecule has 0 aromatic heterocycles. The number of amides is 2. The molecule has 0 aliphatic carbocycles. The molecule has 0 aliphatic heterocycles. The van der Waals surface area contributed by atoms with Crippen molar-refractivity contribution in [2.45, 2.75) is 6.42 Å². The first-order valence-electron chi connectivity index (χ1n) is 9.97. The van der Waals surface area contributed by atoms with Gasteiger partial charge in [0.05, 0.1) is 21.3 Å². The third kappa shape index (κ3) is 6.16. The lowest BCUT2D eigenvalue weighted by molar-refractivity contribution is -0.110. The van der Waals surface area contributed by atoms with Crippen LogP contribution in [0.5, 0.6) is 17.2 Å². The molecular weight excluding hydrogens is 427 g/mol.